The first kappa shape index (κ1) is 23.3. The van der Waals surface area contributed by atoms with Gasteiger partial charge in [0.15, 0.2) is 5.96 Å². The molecular weight excluding hydrogens is 463 g/mol. The number of aliphatic imine (C=N–C) groups is 1. The highest BCUT2D eigenvalue weighted by molar-refractivity contribution is 14.0. The van der Waals surface area contributed by atoms with Crippen molar-refractivity contribution in [2.45, 2.75) is 70.5 Å². The summed E-state index contributed by atoms with van der Waals surface area (Å²) in [5.74, 6) is 1.92. The highest BCUT2D eigenvalue weighted by atomic mass is 127. The van der Waals surface area contributed by atoms with Crippen LogP contribution < -0.4 is 15.4 Å². The summed E-state index contributed by atoms with van der Waals surface area (Å²) in [6, 6.07) is 8.43. The minimum absolute atomic E-state index is 0. The second-order valence-electron chi connectivity index (χ2n) is 8.03. The van der Waals surface area contributed by atoms with E-state index in [4.69, 9.17) is 9.73 Å². The maximum atomic E-state index is 5.43. The molecule has 6 heteroatoms. The van der Waals surface area contributed by atoms with Crippen LogP contribution in [-0.4, -0.2) is 56.2 Å². The third kappa shape index (κ3) is 5.99. The zero-order chi connectivity index (χ0) is 19.2. The molecule has 0 aromatic heterocycles. The number of benzene rings is 1. The van der Waals surface area contributed by atoms with Gasteiger partial charge in [-0.1, -0.05) is 18.6 Å². The Kier molecular flexibility index (Phi) is 9.34. The molecule has 2 saturated heterocycles. The molecular formula is C22H37IN4O. The Balaban J connectivity index is 0.00000280. The van der Waals surface area contributed by atoms with Crippen molar-refractivity contribution in [3.05, 3.63) is 29.3 Å². The van der Waals surface area contributed by atoms with Crippen LogP contribution in [0.2, 0.25) is 0 Å². The Morgan fingerprint density at radius 2 is 1.96 bits per heavy atom. The number of rotatable bonds is 6. The van der Waals surface area contributed by atoms with Crippen LogP contribution >= 0.6 is 24.0 Å². The molecule has 2 bridgehead atoms. The number of ether oxygens (including phenoxy) is 1. The molecule has 0 radical (unpaired) electrons. The topological polar surface area (TPSA) is 48.9 Å². The second-order valence-corrected chi connectivity index (χ2v) is 8.03. The third-order valence-electron chi connectivity index (χ3n) is 6.17. The van der Waals surface area contributed by atoms with Crippen LogP contribution in [0, 0.1) is 6.92 Å². The van der Waals surface area contributed by atoms with Gasteiger partial charge in [-0.25, -0.2) is 0 Å². The summed E-state index contributed by atoms with van der Waals surface area (Å²) in [6.45, 7) is 5.88. The van der Waals surface area contributed by atoms with Crippen LogP contribution in [0.1, 0.15) is 50.2 Å². The summed E-state index contributed by atoms with van der Waals surface area (Å²) in [7, 11) is 4.04. The van der Waals surface area contributed by atoms with E-state index in [0.717, 1.165) is 43.3 Å². The molecule has 0 amide bonds. The van der Waals surface area contributed by atoms with Crippen molar-refractivity contribution in [3.63, 3.8) is 0 Å². The van der Waals surface area contributed by atoms with Crippen molar-refractivity contribution in [1.82, 2.24) is 15.5 Å². The number of guanidine groups is 1. The highest BCUT2D eigenvalue weighted by Gasteiger charge is 2.36. The number of nitrogens with one attached hydrogen (secondary N) is 2. The summed E-state index contributed by atoms with van der Waals surface area (Å²) in [5, 5.41) is 7.14. The Hall–Kier alpha value is -1.02. The van der Waals surface area contributed by atoms with Gasteiger partial charge in [0, 0.05) is 31.2 Å². The SMILES string of the molecule is CCNC(=NCCc1ccc(C)c(OC)c1)NC1CC2CCCC(C1)N2C.I. The van der Waals surface area contributed by atoms with Crippen LogP contribution in [0.3, 0.4) is 0 Å². The number of fused-ring (bicyclic) bond motifs is 2. The molecule has 0 spiro atoms. The van der Waals surface area contributed by atoms with Gasteiger partial charge >= 0.3 is 0 Å². The quantitative estimate of drug-likeness (QED) is 0.355. The van der Waals surface area contributed by atoms with E-state index in [0.29, 0.717) is 6.04 Å². The summed E-state index contributed by atoms with van der Waals surface area (Å²) in [4.78, 5) is 7.44. The fourth-order valence-electron chi connectivity index (χ4n) is 4.56. The van der Waals surface area contributed by atoms with Crippen LogP contribution in [0.5, 0.6) is 5.75 Å². The fourth-order valence-corrected chi connectivity index (χ4v) is 4.56. The van der Waals surface area contributed by atoms with Crippen molar-refractivity contribution in [1.29, 1.82) is 0 Å². The zero-order valence-corrected chi connectivity index (χ0v) is 20.2. The summed E-state index contributed by atoms with van der Waals surface area (Å²) < 4.78 is 5.43. The zero-order valence-electron chi connectivity index (χ0n) is 17.8. The number of hydrogen-bond acceptors (Lipinski definition) is 3. The molecule has 5 nitrogen and oxygen atoms in total. The lowest BCUT2D eigenvalue weighted by atomic mass is 9.82. The minimum atomic E-state index is 0. The van der Waals surface area contributed by atoms with Gasteiger partial charge in [0.25, 0.3) is 0 Å². The van der Waals surface area contributed by atoms with Crippen LogP contribution in [-0.2, 0) is 6.42 Å². The lowest BCUT2D eigenvalue weighted by molar-refractivity contribution is 0.0526. The van der Waals surface area contributed by atoms with Crippen LogP contribution in [0.15, 0.2) is 23.2 Å². The molecule has 28 heavy (non-hydrogen) atoms. The van der Waals surface area contributed by atoms with Gasteiger partial charge in [0.2, 0.25) is 0 Å². The lowest BCUT2D eigenvalue weighted by Gasteiger charge is -2.47. The summed E-state index contributed by atoms with van der Waals surface area (Å²) in [5.41, 5.74) is 2.44. The van der Waals surface area contributed by atoms with E-state index in [1.807, 2.05) is 0 Å². The average Bonchev–Trinajstić information content (AvgIpc) is 2.64. The van der Waals surface area contributed by atoms with Crippen LogP contribution in [0.4, 0.5) is 0 Å². The largest absolute Gasteiger partial charge is 0.496 e. The smallest absolute Gasteiger partial charge is 0.191 e. The predicted octanol–water partition coefficient (Wildman–Crippen LogP) is 3.73. The predicted molar refractivity (Wildman–Crippen MR) is 128 cm³/mol. The van der Waals surface area contributed by atoms with E-state index >= 15 is 0 Å². The van der Waals surface area contributed by atoms with Gasteiger partial charge in [-0.05, 0) is 70.2 Å². The van der Waals surface area contributed by atoms with Gasteiger partial charge in [0.05, 0.1) is 7.11 Å². The molecule has 158 valence electrons. The molecule has 2 fully saturated rings. The van der Waals surface area contributed by atoms with E-state index in [-0.39, 0.29) is 24.0 Å². The number of hydrogen-bond donors (Lipinski definition) is 2. The molecule has 2 aliphatic rings. The van der Waals surface area contributed by atoms with Gasteiger partial charge in [-0.15, -0.1) is 24.0 Å². The molecule has 2 atom stereocenters. The van der Waals surface area contributed by atoms with E-state index in [2.05, 4.69) is 54.6 Å². The maximum absolute atomic E-state index is 5.43. The molecule has 0 aliphatic carbocycles. The Labute approximate surface area is 187 Å². The van der Waals surface area contributed by atoms with E-state index < -0.39 is 0 Å². The monoisotopic (exact) mass is 500 g/mol. The molecule has 2 unspecified atom stereocenters. The standard InChI is InChI=1S/C22H36N4O.HI/c1-5-23-22(24-12-11-17-10-9-16(2)21(13-17)27-4)25-18-14-19-7-6-8-20(15-18)26(19)3;/h9-10,13,18-20H,5-8,11-12,14-15H2,1-4H3,(H2,23,24,25);1H. The van der Waals surface area contributed by atoms with Crippen molar-refractivity contribution >= 4 is 29.9 Å². The van der Waals surface area contributed by atoms with Crippen LogP contribution in [0.25, 0.3) is 0 Å². The number of methoxy groups -OCH3 is 1. The Bertz CT molecular complexity index is 637. The van der Waals surface area contributed by atoms with E-state index in [9.17, 15) is 0 Å². The number of halogens is 1. The van der Waals surface area contributed by atoms with Gasteiger partial charge in [0.1, 0.15) is 5.75 Å². The van der Waals surface area contributed by atoms with Gasteiger partial charge in [-0.3, -0.25) is 4.99 Å². The van der Waals surface area contributed by atoms with Crippen molar-refractivity contribution < 1.29 is 4.74 Å². The van der Waals surface area contributed by atoms with E-state index in [1.165, 1.54) is 43.2 Å². The molecule has 2 aliphatic heterocycles. The molecule has 0 saturated carbocycles. The van der Waals surface area contributed by atoms with Gasteiger partial charge in [-0.2, -0.15) is 0 Å². The average molecular weight is 500 g/mol. The first-order valence-electron chi connectivity index (χ1n) is 10.5. The van der Waals surface area contributed by atoms with Crippen molar-refractivity contribution in [3.8, 4) is 5.75 Å². The van der Waals surface area contributed by atoms with Crippen molar-refractivity contribution in [2.24, 2.45) is 4.99 Å². The fraction of sp³-hybridized carbons (Fsp3) is 0.682. The Morgan fingerprint density at radius 1 is 1.25 bits per heavy atom. The number of piperidine rings is 2. The summed E-state index contributed by atoms with van der Waals surface area (Å²) in [6.07, 6.45) is 7.45. The Morgan fingerprint density at radius 3 is 2.61 bits per heavy atom. The second kappa shape index (κ2) is 11.2. The maximum Gasteiger partial charge on any atom is 0.191 e. The third-order valence-corrected chi connectivity index (χ3v) is 6.17. The molecule has 3 rings (SSSR count). The highest BCUT2D eigenvalue weighted by Crippen LogP contribution is 2.32. The summed E-state index contributed by atoms with van der Waals surface area (Å²) >= 11 is 0. The molecule has 2 heterocycles. The minimum Gasteiger partial charge on any atom is -0.496 e. The van der Waals surface area contributed by atoms with Crippen molar-refractivity contribution in [2.75, 3.05) is 27.2 Å². The lowest BCUT2D eigenvalue weighted by Crippen LogP contribution is -2.56. The molecule has 2 N–H and O–H groups in total. The first-order chi connectivity index (χ1) is 13.1. The molecule has 1 aromatic carbocycles. The first-order valence-corrected chi connectivity index (χ1v) is 10.5. The number of aryl methyl sites for hydroxylation is 1. The van der Waals surface area contributed by atoms with Gasteiger partial charge < -0.3 is 20.3 Å². The molecule has 1 aromatic rings. The number of nitrogens with zero attached hydrogens (tertiary/aromatic N) is 2. The van der Waals surface area contributed by atoms with E-state index in [1.54, 1.807) is 7.11 Å². The normalized spacial score (nSPS) is 25.0.